The predicted octanol–water partition coefficient (Wildman–Crippen LogP) is 4.32. The number of aromatic hydroxyl groups is 2. The molecule has 1 heterocycles. The molecule has 6 N–H and O–H groups in total. The molecule has 12 nitrogen and oxygen atoms in total. The monoisotopic (exact) mass is 634 g/mol. The van der Waals surface area contributed by atoms with Gasteiger partial charge in [0.2, 0.25) is 17.7 Å². The molecule has 0 unspecified atom stereocenters. The molecule has 12 heteroatoms. The lowest BCUT2D eigenvalue weighted by Crippen LogP contribution is -2.55. The summed E-state index contributed by atoms with van der Waals surface area (Å²) in [6, 6.07) is 13.8. The van der Waals surface area contributed by atoms with Gasteiger partial charge in [-0.25, -0.2) is 9.59 Å². The fraction of sp³-hybridized carbons (Fsp3) is 0.412. The van der Waals surface area contributed by atoms with Crippen LogP contribution in [0, 0.1) is 11.8 Å². The van der Waals surface area contributed by atoms with Gasteiger partial charge in [-0.15, -0.1) is 0 Å². The number of benzene rings is 2. The molecule has 0 saturated carbocycles. The van der Waals surface area contributed by atoms with Gasteiger partial charge in [-0.3, -0.25) is 14.6 Å². The molecule has 2 aromatic carbocycles. The van der Waals surface area contributed by atoms with Gasteiger partial charge < -0.3 is 35.6 Å². The zero-order valence-electron chi connectivity index (χ0n) is 26.6. The molecule has 3 amide bonds. The van der Waals surface area contributed by atoms with Crippen molar-refractivity contribution in [3.05, 3.63) is 65.7 Å². The summed E-state index contributed by atoms with van der Waals surface area (Å²) < 4.78 is 10.8. The first kappa shape index (κ1) is 33.9. The molecule has 0 radical (unpaired) electrons. The molecule has 4 rings (SSSR count). The van der Waals surface area contributed by atoms with E-state index in [0.717, 1.165) is 28.3 Å². The van der Waals surface area contributed by atoms with Gasteiger partial charge in [0.1, 0.15) is 24.7 Å². The third-order valence-corrected chi connectivity index (χ3v) is 7.68. The smallest absolute Gasteiger partial charge is 0.407 e. The number of carbonyl (C=O) groups is 4. The second-order valence-corrected chi connectivity index (χ2v) is 12.4. The van der Waals surface area contributed by atoms with Crippen LogP contribution in [0.5, 0.6) is 17.5 Å². The van der Waals surface area contributed by atoms with E-state index in [1.165, 1.54) is 6.92 Å². The Kier molecular flexibility index (Phi) is 10.9. The van der Waals surface area contributed by atoms with E-state index in [1.807, 2.05) is 76.2 Å². The van der Waals surface area contributed by atoms with Gasteiger partial charge in [-0.2, -0.15) is 0 Å². The largest absolute Gasteiger partial charge is 0.494 e. The highest BCUT2D eigenvalue weighted by Gasteiger charge is 2.32. The minimum atomic E-state index is -1.10. The maximum atomic E-state index is 13.3. The Morgan fingerprint density at radius 2 is 1.35 bits per heavy atom. The lowest BCUT2D eigenvalue weighted by atomic mass is 9.98. The Balaban J connectivity index is 1.36. The van der Waals surface area contributed by atoms with Crippen LogP contribution in [-0.2, 0) is 19.1 Å². The number of carbonyl (C=O) groups excluding carboxylic acids is 4. The molecule has 0 spiro atoms. The normalized spacial score (nSPS) is 14.2. The van der Waals surface area contributed by atoms with E-state index in [1.54, 1.807) is 0 Å². The zero-order chi connectivity index (χ0) is 33.5. The third kappa shape index (κ3) is 8.38. The van der Waals surface area contributed by atoms with Crippen molar-refractivity contribution in [3.8, 4) is 28.6 Å². The van der Waals surface area contributed by atoms with Crippen molar-refractivity contribution in [1.29, 1.82) is 0 Å². The summed E-state index contributed by atoms with van der Waals surface area (Å²) in [4.78, 5) is 54.4. The maximum absolute atomic E-state index is 13.3. The molecule has 46 heavy (non-hydrogen) atoms. The number of hydrogen-bond acceptors (Lipinski definition) is 8. The number of aromatic amines is 1. The molecule has 246 valence electrons. The quantitative estimate of drug-likeness (QED) is 0.151. The first-order valence-corrected chi connectivity index (χ1v) is 15.4. The molecule has 1 aromatic heterocycles. The fourth-order valence-electron chi connectivity index (χ4n) is 5.52. The summed E-state index contributed by atoms with van der Waals surface area (Å²) in [6.45, 7) is 9.05. The molecule has 3 aromatic rings. The maximum Gasteiger partial charge on any atom is 0.407 e. The Morgan fingerprint density at radius 3 is 1.89 bits per heavy atom. The summed E-state index contributed by atoms with van der Waals surface area (Å²) in [6.07, 6.45) is -0.250. The standard InChI is InChI=1S/C34H42N4O8/c1-18(2)14-26(37-34(44)45-17-25-23-12-8-6-10-21(23)22-11-7-9-13-24(22)25)31(41)35-20(5)30(40)36-27(15-19(3)4)33(43)46-28-16-29(39)38-32(28)42/h6-13,16,18-20,25-27,38-39,42H,14-15,17H2,1-5H3,(H,35,41)(H,36,40)(H,37,44)/t20-,26-,27-/m0/s1. The predicted molar refractivity (Wildman–Crippen MR) is 170 cm³/mol. The highest BCUT2D eigenvalue weighted by molar-refractivity contribution is 5.93. The fourth-order valence-corrected chi connectivity index (χ4v) is 5.52. The number of esters is 1. The summed E-state index contributed by atoms with van der Waals surface area (Å²) in [5, 5.41) is 27.2. The van der Waals surface area contributed by atoms with Gasteiger partial charge >= 0.3 is 12.1 Å². The summed E-state index contributed by atoms with van der Waals surface area (Å²) in [7, 11) is 0. The van der Waals surface area contributed by atoms with Crippen LogP contribution >= 0.6 is 0 Å². The summed E-state index contributed by atoms with van der Waals surface area (Å²) >= 11 is 0. The van der Waals surface area contributed by atoms with Gasteiger partial charge in [0.15, 0.2) is 11.6 Å². The topological polar surface area (TPSA) is 179 Å². The Labute approximate surface area is 267 Å². The highest BCUT2D eigenvalue weighted by atomic mass is 16.6. The first-order valence-electron chi connectivity index (χ1n) is 15.4. The number of fused-ring (bicyclic) bond motifs is 3. The van der Waals surface area contributed by atoms with Crippen molar-refractivity contribution in [2.45, 2.75) is 71.5 Å². The van der Waals surface area contributed by atoms with Gasteiger partial charge in [-0.05, 0) is 53.9 Å². The number of alkyl carbamates (subject to hydrolysis) is 1. The second-order valence-electron chi connectivity index (χ2n) is 12.4. The first-order chi connectivity index (χ1) is 21.8. The van der Waals surface area contributed by atoms with Crippen LogP contribution in [0.1, 0.15) is 64.5 Å². The third-order valence-electron chi connectivity index (χ3n) is 7.68. The minimum absolute atomic E-state index is 0.0206. The van der Waals surface area contributed by atoms with Crippen molar-refractivity contribution < 1.29 is 38.9 Å². The Bertz CT molecular complexity index is 1520. The van der Waals surface area contributed by atoms with Crippen LogP contribution in [0.3, 0.4) is 0 Å². The molecule has 1 aliphatic rings. The van der Waals surface area contributed by atoms with Gasteiger partial charge in [0, 0.05) is 12.0 Å². The molecule has 0 fully saturated rings. The zero-order valence-corrected chi connectivity index (χ0v) is 26.6. The van der Waals surface area contributed by atoms with E-state index >= 15 is 0 Å². The SMILES string of the molecule is CC(C)C[C@H](NC(=O)OCC1c2ccccc2-c2ccccc21)C(=O)N[C@@H](C)C(=O)N[C@@H](CC(C)C)C(=O)Oc1cc(O)[nH]c1O. The number of aromatic nitrogens is 1. The molecule has 0 aliphatic heterocycles. The van der Waals surface area contributed by atoms with Crippen LogP contribution in [0.2, 0.25) is 0 Å². The summed E-state index contributed by atoms with van der Waals surface area (Å²) in [5.74, 6) is -3.45. The number of H-pyrrole nitrogens is 1. The molecule has 1 aliphatic carbocycles. The molecular formula is C34H42N4O8. The average Bonchev–Trinajstić information content (AvgIpc) is 3.49. The molecule has 0 bridgehead atoms. The van der Waals surface area contributed by atoms with E-state index in [2.05, 4.69) is 20.9 Å². The van der Waals surface area contributed by atoms with Crippen molar-refractivity contribution in [1.82, 2.24) is 20.9 Å². The van der Waals surface area contributed by atoms with E-state index in [-0.39, 0.29) is 36.5 Å². The molecule has 0 saturated heterocycles. The number of hydrogen-bond donors (Lipinski definition) is 6. The highest BCUT2D eigenvalue weighted by Crippen LogP contribution is 2.44. The minimum Gasteiger partial charge on any atom is -0.494 e. The van der Waals surface area contributed by atoms with E-state index in [9.17, 15) is 29.4 Å². The molecule has 3 atom stereocenters. The lowest BCUT2D eigenvalue weighted by Gasteiger charge is -2.24. The van der Waals surface area contributed by atoms with Gasteiger partial charge in [0.05, 0.1) is 0 Å². The average molecular weight is 635 g/mol. The summed E-state index contributed by atoms with van der Waals surface area (Å²) in [5.41, 5.74) is 4.33. The number of ether oxygens (including phenoxy) is 2. The van der Waals surface area contributed by atoms with Crippen molar-refractivity contribution in [3.63, 3.8) is 0 Å². The number of nitrogens with one attached hydrogen (secondary N) is 4. The lowest BCUT2D eigenvalue weighted by molar-refractivity contribution is -0.140. The van der Waals surface area contributed by atoms with Crippen LogP contribution in [0.4, 0.5) is 4.79 Å². The van der Waals surface area contributed by atoms with Crippen molar-refractivity contribution in [2.75, 3.05) is 6.61 Å². The Morgan fingerprint density at radius 1 is 0.783 bits per heavy atom. The number of rotatable bonds is 13. The molecular weight excluding hydrogens is 592 g/mol. The van der Waals surface area contributed by atoms with E-state index in [4.69, 9.17) is 9.47 Å². The van der Waals surface area contributed by atoms with Crippen molar-refractivity contribution >= 4 is 23.9 Å². The Hall–Kier alpha value is -5.00. The van der Waals surface area contributed by atoms with Crippen molar-refractivity contribution in [2.24, 2.45) is 11.8 Å². The van der Waals surface area contributed by atoms with E-state index < -0.39 is 53.8 Å². The van der Waals surface area contributed by atoms with Crippen LogP contribution in [0.25, 0.3) is 11.1 Å². The van der Waals surface area contributed by atoms with Crippen LogP contribution < -0.4 is 20.7 Å². The van der Waals surface area contributed by atoms with E-state index in [0.29, 0.717) is 6.42 Å². The number of amides is 3. The second kappa shape index (κ2) is 14.9. The van der Waals surface area contributed by atoms with Gasteiger partial charge in [0.25, 0.3) is 0 Å². The van der Waals surface area contributed by atoms with Crippen LogP contribution in [0.15, 0.2) is 54.6 Å². The van der Waals surface area contributed by atoms with Crippen LogP contribution in [-0.4, -0.2) is 63.8 Å². The van der Waals surface area contributed by atoms with Gasteiger partial charge in [-0.1, -0.05) is 76.2 Å².